The Morgan fingerprint density at radius 3 is 2.24 bits per heavy atom. The van der Waals surface area contributed by atoms with E-state index in [4.69, 9.17) is 4.74 Å². The first-order valence-corrected chi connectivity index (χ1v) is 13.5. The highest BCUT2D eigenvalue weighted by Gasteiger charge is 2.30. The topological polar surface area (TPSA) is 58.6 Å². The predicted octanol–water partition coefficient (Wildman–Crippen LogP) is 6.21. The molecule has 0 saturated heterocycles. The molecule has 0 aliphatic heterocycles. The van der Waals surface area contributed by atoms with Crippen molar-refractivity contribution in [2.45, 2.75) is 59.0 Å². The normalized spacial score (nSPS) is 12.1. The summed E-state index contributed by atoms with van der Waals surface area (Å²) in [5, 5.41) is 2.92. The quantitative estimate of drug-likeness (QED) is 0.318. The van der Waals surface area contributed by atoms with Gasteiger partial charge in [0.1, 0.15) is 11.8 Å². The first-order chi connectivity index (χ1) is 17.6. The lowest BCUT2D eigenvalue weighted by molar-refractivity contribution is -0.142. The Kier molecular flexibility index (Phi) is 9.93. The molecule has 3 rings (SSSR count). The van der Waals surface area contributed by atoms with Gasteiger partial charge in [0, 0.05) is 19.5 Å². The highest BCUT2D eigenvalue weighted by atomic mass is 79.9. The van der Waals surface area contributed by atoms with Gasteiger partial charge in [-0.2, -0.15) is 0 Å². The monoisotopic (exact) mass is 564 g/mol. The van der Waals surface area contributed by atoms with E-state index in [9.17, 15) is 9.59 Å². The van der Waals surface area contributed by atoms with Crippen molar-refractivity contribution in [3.05, 3.63) is 99.5 Å². The van der Waals surface area contributed by atoms with Gasteiger partial charge in [-0.15, -0.1) is 0 Å². The minimum absolute atomic E-state index is 0.000987. The Labute approximate surface area is 229 Å². The molecule has 0 aromatic heterocycles. The standard InChI is InChI=1S/C31H37BrN2O3/c1-6-33-30(36)27(18-23-10-8-7-9-11-23)34(20-24-14-12-22(2)13-15-24)29(35)21-37-28-17-16-25(19-26(28)32)31(3,4)5/h7-17,19,27H,6,18,20-21H2,1-5H3,(H,33,36)/t27-/m1/s1. The van der Waals surface area contributed by atoms with Gasteiger partial charge < -0.3 is 15.0 Å². The second-order valence-electron chi connectivity index (χ2n) is 10.3. The Hall–Kier alpha value is -3.12. The van der Waals surface area contributed by atoms with E-state index in [1.165, 1.54) is 5.56 Å². The highest BCUT2D eigenvalue weighted by molar-refractivity contribution is 9.10. The number of benzene rings is 3. The van der Waals surface area contributed by atoms with Crippen LogP contribution in [0, 0.1) is 6.92 Å². The molecule has 2 amide bonds. The number of halogens is 1. The third-order valence-electron chi connectivity index (χ3n) is 6.24. The number of nitrogens with zero attached hydrogens (tertiary/aromatic N) is 1. The molecular formula is C31H37BrN2O3. The van der Waals surface area contributed by atoms with Gasteiger partial charge >= 0.3 is 0 Å². The maximum atomic E-state index is 13.7. The minimum Gasteiger partial charge on any atom is -0.483 e. The number of rotatable bonds is 10. The summed E-state index contributed by atoms with van der Waals surface area (Å²) in [6, 6.07) is 23.0. The van der Waals surface area contributed by atoms with Crippen molar-refractivity contribution >= 4 is 27.7 Å². The summed E-state index contributed by atoms with van der Waals surface area (Å²) < 4.78 is 6.77. The minimum atomic E-state index is -0.675. The zero-order valence-corrected chi connectivity index (χ0v) is 24.0. The van der Waals surface area contributed by atoms with Crippen LogP contribution in [0.25, 0.3) is 0 Å². The Bertz CT molecular complexity index is 1190. The first-order valence-electron chi connectivity index (χ1n) is 12.7. The predicted molar refractivity (Wildman–Crippen MR) is 153 cm³/mol. The molecule has 0 heterocycles. The summed E-state index contributed by atoms with van der Waals surface area (Å²) in [5.41, 5.74) is 4.24. The summed E-state index contributed by atoms with van der Waals surface area (Å²) >= 11 is 3.59. The third-order valence-corrected chi connectivity index (χ3v) is 6.86. The van der Waals surface area contributed by atoms with Crippen molar-refractivity contribution in [1.29, 1.82) is 0 Å². The van der Waals surface area contributed by atoms with E-state index in [0.717, 1.165) is 21.2 Å². The van der Waals surface area contributed by atoms with Gasteiger partial charge in [-0.3, -0.25) is 9.59 Å². The summed E-state index contributed by atoms with van der Waals surface area (Å²) in [7, 11) is 0. The van der Waals surface area contributed by atoms with E-state index in [1.54, 1.807) is 4.90 Å². The van der Waals surface area contributed by atoms with Crippen molar-refractivity contribution in [3.63, 3.8) is 0 Å². The number of carbonyl (C=O) groups is 2. The Morgan fingerprint density at radius 2 is 1.65 bits per heavy atom. The van der Waals surface area contributed by atoms with E-state index in [-0.39, 0.29) is 23.8 Å². The van der Waals surface area contributed by atoms with Gasteiger partial charge in [-0.1, -0.05) is 87.0 Å². The number of amides is 2. The van der Waals surface area contributed by atoms with Crippen LogP contribution in [0.15, 0.2) is 77.3 Å². The van der Waals surface area contributed by atoms with Crippen LogP contribution in [0.1, 0.15) is 49.9 Å². The van der Waals surface area contributed by atoms with E-state index in [0.29, 0.717) is 25.3 Å². The van der Waals surface area contributed by atoms with Gasteiger partial charge in [0.15, 0.2) is 6.61 Å². The van der Waals surface area contributed by atoms with Crippen molar-refractivity contribution in [3.8, 4) is 5.75 Å². The summed E-state index contributed by atoms with van der Waals surface area (Å²) in [6.07, 6.45) is 0.411. The molecule has 0 spiro atoms. The number of nitrogens with one attached hydrogen (secondary N) is 1. The lowest BCUT2D eigenvalue weighted by Crippen LogP contribution is -2.51. The number of likely N-dealkylation sites (N-methyl/N-ethyl adjacent to an activating group) is 1. The Balaban J connectivity index is 1.88. The molecule has 0 aliphatic rings. The molecule has 3 aromatic carbocycles. The highest BCUT2D eigenvalue weighted by Crippen LogP contribution is 2.31. The largest absolute Gasteiger partial charge is 0.483 e. The Morgan fingerprint density at radius 1 is 0.973 bits per heavy atom. The molecular weight excluding hydrogens is 528 g/mol. The molecule has 0 fully saturated rings. The zero-order valence-electron chi connectivity index (χ0n) is 22.4. The van der Waals surface area contributed by atoms with Gasteiger partial charge in [0.05, 0.1) is 4.47 Å². The molecule has 6 heteroatoms. The summed E-state index contributed by atoms with van der Waals surface area (Å²) in [5.74, 6) is 0.163. The first kappa shape index (κ1) is 28.5. The van der Waals surface area contributed by atoms with Crippen molar-refractivity contribution in [1.82, 2.24) is 10.2 Å². The van der Waals surface area contributed by atoms with Gasteiger partial charge in [0.25, 0.3) is 5.91 Å². The van der Waals surface area contributed by atoms with E-state index < -0.39 is 6.04 Å². The van der Waals surface area contributed by atoms with Crippen molar-refractivity contribution in [2.24, 2.45) is 0 Å². The molecule has 3 aromatic rings. The second kappa shape index (κ2) is 12.9. The van der Waals surface area contributed by atoms with Crippen LogP contribution in [-0.2, 0) is 28.0 Å². The molecule has 0 bridgehead atoms. The molecule has 1 N–H and O–H groups in total. The van der Waals surface area contributed by atoms with Gasteiger partial charge in [0.2, 0.25) is 5.91 Å². The summed E-state index contributed by atoms with van der Waals surface area (Å²) in [4.78, 5) is 28.6. The van der Waals surface area contributed by atoms with E-state index >= 15 is 0 Å². The lowest BCUT2D eigenvalue weighted by atomic mass is 9.87. The molecule has 37 heavy (non-hydrogen) atoms. The van der Waals surface area contributed by atoms with Gasteiger partial charge in [-0.05, 0) is 64.0 Å². The van der Waals surface area contributed by atoms with Crippen molar-refractivity contribution in [2.75, 3.05) is 13.2 Å². The van der Waals surface area contributed by atoms with Crippen LogP contribution in [0.5, 0.6) is 5.75 Å². The second-order valence-corrected chi connectivity index (χ2v) is 11.1. The SMILES string of the molecule is CCNC(=O)[C@@H](Cc1ccccc1)N(Cc1ccc(C)cc1)C(=O)COc1ccc(C(C)(C)C)cc1Br. The zero-order chi connectivity index (χ0) is 27.0. The van der Waals surface area contributed by atoms with Crippen LogP contribution in [0.2, 0.25) is 0 Å². The third kappa shape index (κ3) is 8.19. The maximum Gasteiger partial charge on any atom is 0.261 e. The number of hydrogen-bond acceptors (Lipinski definition) is 3. The fourth-order valence-corrected chi connectivity index (χ4v) is 4.54. The van der Waals surface area contributed by atoms with Crippen LogP contribution >= 0.6 is 15.9 Å². The van der Waals surface area contributed by atoms with Gasteiger partial charge in [-0.25, -0.2) is 0 Å². The van der Waals surface area contributed by atoms with Crippen LogP contribution in [0.4, 0.5) is 0 Å². The van der Waals surface area contributed by atoms with Crippen LogP contribution < -0.4 is 10.1 Å². The molecule has 0 aliphatic carbocycles. The molecule has 5 nitrogen and oxygen atoms in total. The number of aryl methyl sites for hydroxylation is 1. The fourth-order valence-electron chi connectivity index (χ4n) is 4.04. The molecule has 0 saturated carbocycles. The van der Waals surface area contributed by atoms with Crippen LogP contribution in [0.3, 0.4) is 0 Å². The van der Waals surface area contributed by atoms with Crippen LogP contribution in [-0.4, -0.2) is 35.9 Å². The van der Waals surface area contributed by atoms with E-state index in [1.807, 2.05) is 86.6 Å². The molecule has 196 valence electrons. The van der Waals surface area contributed by atoms with E-state index in [2.05, 4.69) is 42.0 Å². The average molecular weight is 566 g/mol. The number of carbonyl (C=O) groups excluding carboxylic acids is 2. The smallest absolute Gasteiger partial charge is 0.261 e. The molecule has 0 unspecified atom stereocenters. The van der Waals surface area contributed by atoms with Crippen molar-refractivity contribution < 1.29 is 14.3 Å². The lowest BCUT2D eigenvalue weighted by Gasteiger charge is -2.31. The summed E-state index contributed by atoms with van der Waals surface area (Å²) in [6.45, 7) is 11.0. The molecule has 1 atom stereocenters. The number of ether oxygens (including phenoxy) is 1. The fraction of sp³-hybridized carbons (Fsp3) is 0.355. The average Bonchev–Trinajstić information content (AvgIpc) is 2.86. The molecule has 0 radical (unpaired) electrons. The maximum absolute atomic E-state index is 13.7. The number of hydrogen-bond donors (Lipinski definition) is 1.